The average molecular weight is 408 g/mol. The van der Waals surface area contributed by atoms with Crippen molar-refractivity contribution in [3.05, 3.63) is 48.3 Å². The lowest BCUT2D eigenvalue weighted by atomic mass is 9.75. The van der Waals surface area contributed by atoms with E-state index in [1.54, 1.807) is 6.20 Å². The molecule has 2 atom stereocenters. The van der Waals surface area contributed by atoms with Crippen LogP contribution >= 0.6 is 0 Å². The molecular formula is C23H29N5O2. The van der Waals surface area contributed by atoms with Crippen molar-refractivity contribution in [2.45, 2.75) is 51.6 Å². The van der Waals surface area contributed by atoms with Gasteiger partial charge in [0.2, 0.25) is 11.8 Å². The van der Waals surface area contributed by atoms with Gasteiger partial charge in [-0.2, -0.15) is 0 Å². The summed E-state index contributed by atoms with van der Waals surface area (Å²) in [5.41, 5.74) is 1.40. The van der Waals surface area contributed by atoms with E-state index in [4.69, 9.17) is 0 Å². The Bertz CT molecular complexity index is 952. The molecule has 0 N–H and O–H groups in total. The first-order chi connectivity index (χ1) is 14.5. The van der Waals surface area contributed by atoms with Crippen LogP contribution in [0.25, 0.3) is 0 Å². The van der Waals surface area contributed by atoms with Gasteiger partial charge >= 0.3 is 0 Å². The molecule has 7 heteroatoms. The number of nitrogens with zero attached hydrogens (tertiary/aromatic N) is 5. The van der Waals surface area contributed by atoms with Gasteiger partial charge in [-0.25, -0.2) is 4.98 Å². The van der Waals surface area contributed by atoms with Gasteiger partial charge in [0.1, 0.15) is 0 Å². The fourth-order valence-electron chi connectivity index (χ4n) is 5.05. The van der Waals surface area contributed by atoms with Crippen LogP contribution < -0.4 is 0 Å². The van der Waals surface area contributed by atoms with Gasteiger partial charge in [-0.05, 0) is 44.7 Å². The van der Waals surface area contributed by atoms with E-state index in [9.17, 15) is 9.59 Å². The lowest BCUT2D eigenvalue weighted by Gasteiger charge is -2.28. The summed E-state index contributed by atoms with van der Waals surface area (Å²) in [5.74, 6) is 0.490. The first kappa shape index (κ1) is 19.3. The van der Waals surface area contributed by atoms with Crippen LogP contribution in [0.4, 0.5) is 0 Å². The molecule has 5 rings (SSSR count). The fourth-order valence-corrected chi connectivity index (χ4v) is 5.05. The summed E-state index contributed by atoms with van der Waals surface area (Å²) in [6, 6.07) is 4.22. The van der Waals surface area contributed by atoms with Gasteiger partial charge in [0, 0.05) is 62.6 Å². The summed E-state index contributed by atoms with van der Waals surface area (Å²) in [4.78, 5) is 39.4. The quantitative estimate of drug-likeness (QED) is 0.764. The normalized spacial score (nSPS) is 26.4. The molecule has 158 valence electrons. The molecule has 30 heavy (non-hydrogen) atoms. The minimum absolute atomic E-state index is 0.0494. The molecule has 0 unspecified atom stereocenters. The predicted octanol–water partition coefficient (Wildman–Crippen LogP) is 2.61. The van der Waals surface area contributed by atoms with Gasteiger partial charge in [-0.3, -0.25) is 14.6 Å². The summed E-state index contributed by atoms with van der Waals surface area (Å²) in [7, 11) is 0. The Hall–Kier alpha value is -2.70. The number of hydrogen-bond donors (Lipinski definition) is 0. The number of carbonyl (C=O) groups is 2. The standard InChI is InChI=1S/C23H29N5O2/c1-16(2)28-13-20(25-15-28)19-12-27(21(29)18-5-6-18)14-23(19)7-9-26(22(23)30)11-17-4-3-8-24-10-17/h3-4,8,10,13,15-16,18-19H,5-7,9,11-12,14H2,1-2H3/t19-,23-/m1/s1. The van der Waals surface area contributed by atoms with Gasteiger partial charge in [-0.15, -0.1) is 0 Å². The lowest BCUT2D eigenvalue weighted by Crippen LogP contribution is -2.40. The Kier molecular flexibility index (Phi) is 4.64. The van der Waals surface area contributed by atoms with Gasteiger partial charge in [0.25, 0.3) is 0 Å². The van der Waals surface area contributed by atoms with Gasteiger partial charge in [-0.1, -0.05) is 6.07 Å². The first-order valence-electron chi connectivity index (χ1n) is 11.0. The van der Waals surface area contributed by atoms with E-state index in [1.165, 1.54) is 0 Å². The SMILES string of the molecule is CC(C)n1cnc([C@H]2CN(C(=O)C3CC3)C[C@]23CCN(Cc2cccnc2)C3=O)c1. The van der Waals surface area contributed by atoms with E-state index in [-0.39, 0.29) is 23.7 Å². The second-order valence-electron chi connectivity index (χ2n) is 9.38. The van der Waals surface area contributed by atoms with Crippen molar-refractivity contribution in [3.63, 3.8) is 0 Å². The number of imidazole rings is 1. The molecule has 3 fully saturated rings. The number of rotatable bonds is 5. The van der Waals surface area contributed by atoms with E-state index in [0.717, 1.165) is 30.5 Å². The number of aromatic nitrogens is 3. The van der Waals surface area contributed by atoms with Crippen LogP contribution in [0.1, 0.15) is 56.3 Å². The van der Waals surface area contributed by atoms with Crippen LogP contribution in [0, 0.1) is 11.3 Å². The Labute approximate surface area is 177 Å². The largest absolute Gasteiger partial charge is 0.341 e. The Morgan fingerprint density at radius 1 is 1.33 bits per heavy atom. The molecule has 0 aromatic carbocycles. The van der Waals surface area contributed by atoms with E-state index < -0.39 is 5.41 Å². The van der Waals surface area contributed by atoms with E-state index in [0.29, 0.717) is 32.2 Å². The zero-order valence-electron chi connectivity index (χ0n) is 17.7. The molecule has 1 spiro atoms. The molecule has 2 aromatic heterocycles. The maximum Gasteiger partial charge on any atom is 0.231 e. The molecule has 1 aliphatic carbocycles. The molecule has 4 heterocycles. The highest BCUT2D eigenvalue weighted by Gasteiger charge is 2.59. The molecule has 0 bridgehead atoms. The predicted molar refractivity (Wildman–Crippen MR) is 111 cm³/mol. The number of carbonyl (C=O) groups excluding carboxylic acids is 2. The lowest BCUT2D eigenvalue weighted by molar-refractivity contribution is -0.137. The first-order valence-corrected chi connectivity index (χ1v) is 11.0. The summed E-state index contributed by atoms with van der Waals surface area (Å²) in [6.07, 6.45) is 10.2. The number of hydrogen-bond acceptors (Lipinski definition) is 4. The number of pyridine rings is 1. The zero-order valence-corrected chi connectivity index (χ0v) is 17.7. The van der Waals surface area contributed by atoms with Crippen molar-refractivity contribution >= 4 is 11.8 Å². The van der Waals surface area contributed by atoms with Crippen LogP contribution in [0.2, 0.25) is 0 Å². The monoisotopic (exact) mass is 407 g/mol. The topological polar surface area (TPSA) is 71.3 Å². The highest BCUT2D eigenvalue weighted by molar-refractivity contribution is 5.89. The van der Waals surface area contributed by atoms with E-state index in [1.807, 2.05) is 34.5 Å². The van der Waals surface area contributed by atoms with Crippen molar-refractivity contribution in [2.75, 3.05) is 19.6 Å². The molecule has 2 amide bonds. The second-order valence-corrected chi connectivity index (χ2v) is 9.38. The number of likely N-dealkylation sites (tertiary alicyclic amines) is 2. The van der Waals surface area contributed by atoms with Crippen molar-refractivity contribution < 1.29 is 9.59 Å². The third-order valence-electron chi connectivity index (χ3n) is 6.99. The zero-order chi connectivity index (χ0) is 20.9. The molecule has 2 saturated heterocycles. The maximum atomic E-state index is 13.7. The smallest absolute Gasteiger partial charge is 0.231 e. The van der Waals surface area contributed by atoms with Crippen molar-refractivity contribution in [2.24, 2.45) is 11.3 Å². The minimum Gasteiger partial charge on any atom is -0.341 e. The molecule has 7 nitrogen and oxygen atoms in total. The minimum atomic E-state index is -0.567. The van der Waals surface area contributed by atoms with E-state index >= 15 is 0 Å². The number of amides is 2. The molecule has 2 aromatic rings. The summed E-state index contributed by atoms with van der Waals surface area (Å²) < 4.78 is 2.08. The van der Waals surface area contributed by atoms with Crippen LogP contribution in [0.5, 0.6) is 0 Å². The van der Waals surface area contributed by atoms with Crippen molar-refractivity contribution in [1.82, 2.24) is 24.3 Å². The summed E-state index contributed by atoms with van der Waals surface area (Å²) in [6.45, 7) is 6.63. The Balaban J connectivity index is 1.44. The second kappa shape index (κ2) is 7.22. The van der Waals surface area contributed by atoms with Crippen LogP contribution in [0.3, 0.4) is 0 Å². The summed E-state index contributed by atoms with van der Waals surface area (Å²) in [5, 5.41) is 0. The highest BCUT2D eigenvalue weighted by Crippen LogP contribution is 2.51. The van der Waals surface area contributed by atoms with Crippen LogP contribution in [-0.4, -0.2) is 55.8 Å². The molecule has 3 aliphatic rings. The maximum absolute atomic E-state index is 13.7. The summed E-state index contributed by atoms with van der Waals surface area (Å²) >= 11 is 0. The third kappa shape index (κ3) is 3.20. The van der Waals surface area contributed by atoms with Crippen molar-refractivity contribution in [3.8, 4) is 0 Å². The van der Waals surface area contributed by atoms with Gasteiger partial charge < -0.3 is 14.4 Å². The Morgan fingerprint density at radius 3 is 2.83 bits per heavy atom. The van der Waals surface area contributed by atoms with E-state index in [2.05, 4.69) is 34.6 Å². The average Bonchev–Trinajstić information content (AvgIpc) is 3.23. The fraction of sp³-hybridized carbons (Fsp3) is 0.565. The Morgan fingerprint density at radius 2 is 2.17 bits per heavy atom. The van der Waals surface area contributed by atoms with Gasteiger partial charge in [0.05, 0.1) is 17.4 Å². The molecule has 2 aliphatic heterocycles. The highest BCUT2D eigenvalue weighted by atomic mass is 16.2. The van der Waals surface area contributed by atoms with Crippen LogP contribution in [0.15, 0.2) is 37.1 Å². The molecule has 1 saturated carbocycles. The molecule has 0 radical (unpaired) electrons. The van der Waals surface area contributed by atoms with Gasteiger partial charge in [0.15, 0.2) is 0 Å². The van der Waals surface area contributed by atoms with Crippen LogP contribution in [-0.2, 0) is 16.1 Å². The third-order valence-corrected chi connectivity index (χ3v) is 6.99. The molecular weight excluding hydrogens is 378 g/mol. The van der Waals surface area contributed by atoms with Crippen molar-refractivity contribution in [1.29, 1.82) is 0 Å².